The Labute approximate surface area is 203 Å². The first-order valence-corrected chi connectivity index (χ1v) is 12.4. The first-order valence-electron chi connectivity index (χ1n) is 12.4. The number of piperidine rings is 1. The monoisotopic (exact) mass is 470 g/mol. The second kappa shape index (κ2) is 13.4. The summed E-state index contributed by atoms with van der Waals surface area (Å²) < 4.78 is 24.2. The molecule has 1 atom stereocenters. The Kier molecular flexibility index (Phi) is 10.4. The Hall–Kier alpha value is -2.44. The minimum absolute atomic E-state index is 0.0867. The van der Waals surface area contributed by atoms with Gasteiger partial charge in [0, 0.05) is 20.1 Å². The van der Waals surface area contributed by atoms with E-state index in [1.54, 1.807) is 19.2 Å². The molecule has 1 unspecified atom stereocenters. The van der Waals surface area contributed by atoms with E-state index in [4.69, 9.17) is 9.47 Å². The average molecular weight is 471 g/mol. The highest BCUT2D eigenvalue weighted by Crippen LogP contribution is 2.25. The minimum Gasteiger partial charge on any atom is -0.491 e. The summed E-state index contributed by atoms with van der Waals surface area (Å²) >= 11 is 0. The number of amides is 1. The molecule has 1 aliphatic heterocycles. The van der Waals surface area contributed by atoms with Crippen molar-refractivity contribution in [2.45, 2.75) is 45.6 Å². The van der Waals surface area contributed by atoms with Crippen molar-refractivity contribution in [2.75, 3.05) is 40.0 Å². The number of hydrogen-bond donors (Lipinski definition) is 1. The molecule has 2 aromatic carbocycles. The van der Waals surface area contributed by atoms with Crippen LogP contribution in [0.25, 0.3) is 0 Å². The van der Waals surface area contributed by atoms with Crippen LogP contribution in [0.3, 0.4) is 0 Å². The number of rotatable bonds is 12. The highest BCUT2D eigenvalue weighted by atomic mass is 19.1. The van der Waals surface area contributed by atoms with E-state index in [-0.39, 0.29) is 23.7 Å². The smallest absolute Gasteiger partial charge is 0.220 e. The summed E-state index contributed by atoms with van der Waals surface area (Å²) in [4.78, 5) is 15.3. The fraction of sp³-hybridized carbons (Fsp3) is 0.536. The number of carbonyl (C=O) groups excluding carboxylic acids is 1. The van der Waals surface area contributed by atoms with Gasteiger partial charge in [-0.2, -0.15) is 0 Å². The topological polar surface area (TPSA) is 50.8 Å². The molecule has 1 amide bonds. The number of methoxy groups -OCH3 is 1. The summed E-state index contributed by atoms with van der Waals surface area (Å²) in [6.45, 7) is 8.30. The first-order chi connectivity index (χ1) is 16.5. The molecule has 5 nitrogen and oxygen atoms in total. The second-order valence-electron chi connectivity index (χ2n) is 9.53. The van der Waals surface area contributed by atoms with Crippen molar-refractivity contribution in [1.29, 1.82) is 0 Å². The molecule has 0 aliphatic carbocycles. The third kappa shape index (κ3) is 8.10. The first kappa shape index (κ1) is 26.2. The van der Waals surface area contributed by atoms with Gasteiger partial charge >= 0.3 is 0 Å². The third-order valence-electron chi connectivity index (χ3n) is 6.61. The van der Waals surface area contributed by atoms with E-state index < -0.39 is 0 Å². The van der Waals surface area contributed by atoms with Gasteiger partial charge in [0.15, 0.2) is 0 Å². The number of benzene rings is 2. The number of nitrogens with one attached hydrogen (secondary N) is 1. The summed E-state index contributed by atoms with van der Waals surface area (Å²) in [5.41, 5.74) is 2.17. The van der Waals surface area contributed by atoms with Gasteiger partial charge < -0.3 is 19.7 Å². The van der Waals surface area contributed by atoms with Gasteiger partial charge in [0.05, 0.1) is 12.6 Å². The predicted octanol–water partition coefficient (Wildman–Crippen LogP) is 5.01. The molecule has 0 saturated carbocycles. The standard InChI is InChI=1S/C28H39FN2O3/c1-21(2)28(24-8-10-25(29)11-9-24)30-27(32)20-22-12-15-31(16-13-22)17-14-23-6-4-5-7-26(23)34-19-18-33-3/h4-11,21-22,28H,12-20H2,1-3H3,(H,30,32). The fourth-order valence-electron chi connectivity index (χ4n) is 4.58. The Morgan fingerprint density at radius 3 is 2.47 bits per heavy atom. The Balaban J connectivity index is 1.42. The zero-order valence-corrected chi connectivity index (χ0v) is 20.8. The van der Waals surface area contributed by atoms with E-state index in [2.05, 4.69) is 36.2 Å². The molecular formula is C28H39FN2O3. The minimum atomic E-state index is -0.258. The molecule has 2 aromatic rings. The molecule has 1 aliphatic rings. The lowest BCUT2D eigenvalue weighted by molar-refractivity contribution is -0.123. The third-order valence-corrected chi connectivity index (χ3v) is 6.61. The zero-order valence-electron chi connectivity index (χ0n) is 20.8. The van der Waals surface area contributed by atoms with Crippen LogP contribution in [0.2, 0.25) is 0 Å². The lowest BCUT2D eigenvalue weighted by atomic mass is 9.91. The predicted molar refractivity (Wildman–Crippen MR) is 133 cm³/mol. The van der Waals surface area contributed by atoms with Crippen molar-refractivity contribution in [3.63, 3.8) is 0 Å². The van der Waals surface area contributed by atoms with Crippen molar-refractivity contribution >= 4 is 5.91 Å². The molecule has 1 N–H and O–H groups in total. The van der Waals surface area contributed by atoms with Crippen LogP contribution in [-0.4, -0.2) is 50.8 Å². The molecule has 34 heavy (non-hydrogen) atoms. The van der Waals surface area contributed by atoms with Crippen molar-refractivity contribution in [2.24, 2.45) is 11.8 Å². The lowest BCUT2D eigenvalue weighted by Gasteiger charge is -2.32. The van der Waals surface area contributed by atoms with Gasteiger partial charge in [0.25, 0.3) is 0 Å². The summed E-state index contributed by atoms with van der Waals surface area (Å²) in [6, 6.07) is 14.5. The van der Waals surface area contributed by atoms with Crippen molar-refractivity contribution in [3.8, 4) is 5.75 Å². The summed E-state index contributed by atoms with van der Waals surface area (Å²) in [5, 5.41) is 3.19. The number of hydrogen-bond acceptors (Lipinski definition) is 4. The quantitative estimate of drug-likeness (QED) is 0.443. The van der Waals surface area contributed by atoms with Crippen LogP contribution in [0, 0.1) is 17.7 Å². The van der Waals surface area contributed by atoms with Crippen molar-refractivity contribution in [3.05, 3.63) is 65.5 Å². The number of ether oxygens (including phenoxy) is 2. The Morgan fingerprint density at radius 2 is 1.79 bits per heavy atom. The van der Waals surface area contributed by atoms with Crippen LogP contribution in [0.15, 0.2) is 48.5 Å². The van der Waals surface area contributed by atoms with Crippen molar-refractivity contribution < 1.29 is 18.7 Å². The number of halogens is 1. The van der Waals surface area contributed by atoms with Crippen LogP contribution < -0.4 is 10.1 Å². The van der Waals surface area contributed by atoms with Gasteiger partial charge in [-0.25, -0.2) is 4.39 Å². The SMILES string of the molecule is COCCOc1ccccc1CCN1CCC(CC(=O)NC(c2ccc(F)cc2)C(C)C)CC1. The molecule has 1 heterocycles. The van der Waals surface area contributed by atoms with Gasteiger partial charge in [-0.05, 0) is 73.5 Å². The van der Waals surface area contributed by atoms with Crippen LogP contribution in [0.4, 0.5) is 4.39 Å². The van der Waals surface area contributed by atoms with Gasteiger partial charge in [0.2, 0.25) is 5.91 Å². The summed E-state index contributed by atoms with van der Waals surface area (Å²) in [7, 11) is 1.68. The number of likely N-dealkylation sites (tertiary alicyclic amines) is 1. The molecule has 1 saturated heterocycles. The van der Waals surface area contributed by atoms with E-state index in [1.807, 2.05) is 12.1 Å². The van der Waals surface area contributed by atoms with Crippen molar-refractivity contribution in [1.82, 2.24) is 10.2 Å². The van der Waals surface area contributed by atoms with Gasteiger partial charge in [-0.15, -0.1) is 0 Å². The van der Waals surface area contributed by atoms with Gasteiger partial charge in [-0.3, -0.25) is 4.79 Å². The largest absolute Gasteiger partial charge is 0.491 e. The van der Waals surface area contributed by atoms with E-state index in [0.717, 1.165) is 50.2 Å². The van der Waals surface area contributed by atoms with Crippen LogP contribution >= 0.6 is 0 Å². The maximum Gasteiger partial charge on any atom is 0.220 e. The molecule has 0 aromatic heterocycles. The Morgan fingerprint density at radius 1 is 1.09 bits per heavy atom. The van der Waals surface area contributed by atoms with E-state index >= 15 is 0 Å². The van der Waals surface area contributed by atoms with Gasteiger partial charge in [-0.1, -0.05) is 44.2 Å². The van der Waals surface area contributed by atoms with Gasteiger partial charge in [0.1, 0.15) is 18.2 Å². The Bertz CT molecular complexity index is 879. The maximum atomic E-state index is 13.3. The molecule has 0 radical (unpaired) electrons. The normalized spacial score (nSPS) is 15.9. The highest BCUT2D eigenvalue weighted by Gasteiger charge is 2.24. The molecule has 186 valence electrons. The van der Waals surface area contributed by atoms with E-state index in [9.17, 15) is 9.18 Å². The zero-order chi connectivity index (χ0) is 24.3. The van der Waals surface area contributed by atoms with Crippen LogP contribution in [-0.2, 0) is 16.0 Å². The van der Waals surface area contributed by atoms with E-state index in [0.29, 0.717) is 25.6 Å². The van der Waals surface area contributed by atoms with E-state index in [1.165, 1.54) is 17.7 Å². The lowest BCUT2D eigenvalue weighted by Crippen LogP contribution is -2.38. The highest BCUT2D eigenvalue weighted by molar-refractivity contribution is 5.76. The molecule has 0 bridgehead atoms. The summed E-state index contributed by atoms with van der Waals surface area (Å²) in [5.74, 6) is 1.40. The van der Waals surface area contributed by atoms with Crippen LogP contribution in [0.1, 0.15) is 50.3 Å². The molecule has 3 rings (SSSR count). The summed E-state index contributed by atoms with van der Waals surface area (Å²) in [6.07, 6.45) is 3.56. The fourth-order valence-corrected chi connectivity index (χ4v) is 4.58. The molecule has 0 spiro atoms. The number of carbonyl (C=O) groups is 1. The molecule has 6 heteroatoms. The molecule has 1 fully saturated rings. The number of para-hydroxylation sites is 1. The number of nitrogens with zero attached hydrogens (tertiary/aromatic N) is 1. The van der Waals surface area contributed by atoms with Crippen LogP contribution in [0.5, 0.6) is 5.75 Å². The second-order valence-corrected chi connectivity index (χ2v) is 9.53. The maximum absolute atomic E-state index is 13.3. The average Bonchev–Trinajstić information content (AvgIpc) is 2.83. The molecular weight excluding hydrogens is 431 g/mol.